The smallest absolute Gasteiger partial charge is 0.272 e. The van der Waals surface area contributed by atoms with Crippen LogP contribution in [0.25, 0.3) is 23.0 Å². The van der Waals surface area contributed by atoms with Crippen LogP contribution in [0.5, 0.6) is 11.5 Å². The van der Waals surface area contributed by atoms with Crippen LogP contribution in [0.2, 0.25) is 5.02 Å². The first-order valence-electron chi connectivity index (χ1n) is 12.9. The van der Waals surface area contributed by atoms with Crippen molar-refractivity contribution >= 4 is 23.6 Å². The highest BCUT2D eigenvalue weighted by atomic mass is 35.5. The molecular formula is C31H31ClN4O3. The lowest BCUT2D eigenvalue weighted by Crippen LogP contribution is -2.49. The first-order chi connectivity index (χ1) is 19.1. The maximum Gasteiger partial charge on any atom is 0.272 e. The molecule has 0 unspecified atom stereocenters. The predicted molar refractivity (Wildman–Crippen MR) is 155 cm³/mol. The summed E-state index contributed by atoms with van der Waals surface area (Å²) in [6, 6.07) is 25.0. The molecule has 39 heavy (non-hydrogen) atoms. The minimum absolute atomic E-state index is 0.0688. The molecule has 1 amide bonds. The third kappa shape index (κ3) is 6.16. The Morgan fingerprint density at radius 1 is 0.923 bits per heavy atom. The number of halogens is 1. The number of hydrogen-bond acceptors (Lipinski definition) is 5. The summed E-state index contributed by atoms with van der Waals surface area (Å²) in [7, 11) is 3.21. The second-order valence-electron chi connectivity index (χ2n) is 9.28. The van der Waals surface area contributed by atoms with Gasteiger partial charge in [0.25, 0.3) is 5.91 Å². The molecule has 3 aromatic carbocycles. The Hall–Kier alpha value is -4.07. The highest BCUT2D eigenvalue weighted by Gasteiger charge is 2.26. The molecule has 0 aliphatic carbocycles. The van der Waals surface area contributed by atoms with Crippen LogP contribution in [0.3, 0.4) is 0 Å². The van der Waals surface area contributed by atoms with Gasteiger partial charge in [-0.05, 0) is 42.0 Å². The summed E-state index contributed by atoms with van der Waals surface area (Å²) in [4.78, 5) is 18.1. The van der Waals surface area contributed by atoms with Crippen molar-refractivity contribution in [2.45, 2.75) is 0 Å². The summed E-state index contributed by atoms with van der Waals surface area (Å²) >= 11 is 6.30. The van der Waals surface area contributed by atoms with Crippen LogP contribution in [-0.4, -0.2) is 72.4 Å². The van der Waals surface area contributed by atoms with Crippen molar-refractivity contribution in [3.05, 3.63) is 101 Å². The largest absolute Gasteiger partial charge is 0.497 e. The molecule has 2 heterocycles. The monoisotopic (exact) mass is 542 g/mol. The van der Waals surface area contributed by atoms with Gasteiger partial charge in [-0.1, -0.05) is 60.2 Å². The molecule has 4 aromatic rings. The van der Waals surface area contributed by atoms with Crippen LogP contribution in [0.4, 0.5) is 0 Å². The van der Waals surface area contributed by atoms with Gasteiger partial charge in [-0.25, -0.2) is 4.68 Å². The zero-order valence-electron chi connectivity index (χ0n) is 22.1. The van der Waals surface area contributed by atoms with Gasteiger partial charge in [0.15, 0.2) is 0 Å². The Labute approximate surface area is 233 Å². The topological polar surface area (TPSA) is 59.8 Å². The van der Waals surface area contributed by atoms with Gasteiger partial charge in [0.05, 0.1) is 25.6 Å². The van der Waals surface area contributed by atoms with Crippen molar-refractivity contribution in [2.24, 2.45) is 0 Å². The normalized spacial score (nSPS) is 14.1. The van der Waals surface area contributed by atoms with Crippen LogP contribution in [-0.2, 0) is 0 Å². The SMILES string of the molecule is COc1ccc(-c2cc(C(=O)N3CCN(CC=Cc4ccccc4)CC3)n(-c3cccc(Cl)c3)n2)c(OC)c1. The Morgan fingerprint density at radius 2 is 1.72 bits per heavy atom. The predicted octanol–water partition coefficient (Wildman–Crippen LogP) is 5.68. The molecule has 1 aliphatic rings. The summed E-state index contributed by atoms with van der Waals surface area (Å²) in [6.07, 6.45) is 4.31. The van der Waals surface area contributed by atoms with E-state index >= 15 is 0 Å². The lowest BCUT2D eigenvalue weighted by atomic mass is 10.1. The van der Waals surface area contributed by atoms with Gasteiger partial charge in [0, 0.05) is 49.4 Å². The fourth-order valence-electron chi connectivity index (χ4n) is 4.68. The third-order valence-electron chi connectivity index (χ3n) is 6.80. The van der Waals surface area contributed by atoms with Crippen LogP contribution in [0.15, 0.2) is 84.9 Å². The molecule has 7 nitrogen and oxygen atoms in total. The maximum atomic E-state index is 13.8. The molecule has 0 atom stereocenters. The van der Waals surface area contributed by atoms with E-state index in [-0.39, 0.29) is 5.91 Å². The third-order valence-corrected chi connectivity index (χ3v) is 7.03. The highest BCUT2D eigenvalue weighted by Crippen LogP contribution is 2.34. The van der Waals surface area contributed by atoms with Gasteiger partial charge in [-0.2, -0.15) is 5.10 Å². The van der Waals surface area contributed by atoms with Crippen LogP contribution in [0.1, 0.15) is 16.1 Å². The Morgan fingerprint density at radius 3 is 2.44 bits per heavy atom. The van der Waals surface area contributed by atoms with E-state index in [1.807, 2.05) is 53.4 Å². The number of carbonyl (C=O) groups is 1. The number of methoxy groups -OCH3 is 2. The molecule has 1 saturated heterocycles. The molecule has 5 rings (SSSR count). The molecule has 8 heteroatoms. The molecule has 200 valence electrons. The van der Waals surface area contributed by atoms with Crippen molar-refractivity contribution < 1.29 is 14.3 Å². The Kier molecular flexibility index (Phi) is 8.30. The summed E-state index contributed by atoms with van der Waals surface area (Å²) in [5, 5.41) is 5.40. The molecule has 1 aromatic heterocycles. The molecule has 0 bridgehead atoms. The number of ether oxygens (including phenoxy) is 2. The van der Waals surface area contributed by atoms with Crippen molar-refractivity contribution in [1.29, 1.82) is 0 Å². The van der Waals surface area contributed by atoms with E-state index in [1.165, 1.54) is 5.56 Å². The minimum atomic E-state index is -0.0688. The molecule has 0 saturated carbocycles. The summed E-state index contributed by atoms with van der Waals surface area (Å²) in [5.74, 6) is 1.22. The molecule has 0 N–H and O–H groups in total. The first kappa shape index (κ1) is 26.5. The standard InChI is InChI=1S/C31H31ClN4O3/c1-38-26-13-14-27(30(21-26)39-2)28-22-29(36(33-28)25-12-6-11-24(32)20-25)31(37)35-18-16-34(17-19-35)15-7-10-23-8-4-3-5-9-23/h3-14,20-22H,15-19H2,1-2H3. The van der Waals surface area contributed by atoms with Gasteiger partial charge in [0.1, 0.15) is 17.2 Å². The number of amides is 1. The van der Waals surface area contributed by atoms with E-state index in [4.69, 9.17) is 26.2 Å². The number of aromatic nitrogens is 2. The van der Waals surface area contributed by atoms with Gasteiger partial charge in [-0.3, -0.25) is 9.69 Å². The first-order valence-corrected chi connectivity index (χ1v) is 13.2. The average molecular weight is 543 g/mol. The average Bonchev–Trinajstić information content (AvgIpc) is 3.43. The number of piperazine rings is 1. The van der Waals surface area contributed by atoms with Crippen molar-refractivity contribution in [3.8, 4) is 28.4 Å². The van der Waals surface area contributed by atoms with Crippen molar-refractivity contribution in [1.82, 2.24) is 19.6 Å². The zero-order chi connectivity index (χ0) is 27.2. The number of nitrogens with zero attached hydrogens (tertiary/aromatic N) is 4. The second kappa shape index (κ2) is 12.2. The molecule has 1 aliphatic heterocycles. The van der Waals surface area contributed by atoms with Crippen molar-refractivity contribution in [2.75, 3.05) is 46.9 Å². The van der Waals surface area contributed by atoms with Crippen LogP contribution < -0.4 is 9.47 Å². The van der Waals surface area contributed by atoms with Crippen LogP contribution >= 0.6 is 11.6 Å². The number of hydrogen-bond donors (Lipinski definition) is 0. The van der Waals surface area contributed by atoms with E-state index in [9.17, 15) is 4.79 Å². The van der Waals surface area contributed by atoms with E-state index in [2.05, 4.69) is 29.2 Å². The lowest BCUT2D eigenvalue weighted by molar-refractivity contribution is 0.0641. The fourth-order valence-corrected chi connectivity index (χ4v) is 4.86. The number of rotatable bonds is 8. The zero-order valence-corrected chi connectivity index (χ0v) is 22.8. The van der Waals surface area contributed by atoms with Crippen molar-refractivity contribution in [3.63, 3.8) is 0 Å². The van der Waals surface area contributed by atoms with E-state index in [0.29, 0.717) is 46.7 Å². The summed E-state index contributed by atoms with van der Waals surface area (Å²) in [6.45, 7) is 3.73. The van der Waals surface area contributed by atoms with Crippen LogP contribution in [0, 0.1) is 0 Å². The number of benzene rings is 3. The minimum Gasteiger partial charge on any atom is -0.497 e. The van der Waals surface area contributed by atoms with E-state index in [0.717, 1.165) is 25.2 Å². The maximum absolute atomic E-state index is 13.8. The molecular weight excluding hydrogens is 512 g/mol. The summed E-state index contributed by atoms with van der Waals surface area (Å²) in [5.41, 5.74) is 3.77. The quantitative estimate of drug-likeness (QED) is 0.287. The lowest BCUT2D eigenvalue weighted by Gasteiger charge is -2.34. The van der Waals surface area contributed by atoms with E-state index in [1.54, 1.807) is 37.1 Å². The molecule has 0 radical (unpaired) electrons. The number of carbonyl (C=O) groups excluding carboxylic acids is 1. The fraction of sp³-hybridized carbons (Fsp3) is 0.226. The van der Waals surface area contributed by atoms with Gasteiger partial charge < -0.3 is 14.4 Å². The molecule has 0 spiro atoms. The summed E-state index contributed by atoms with van der Waals surface area (Å²) < 4.78 is 12.6. The Bertz CT molecular complexity index is 1460. The highest BCUT2D eigenvalue weighted by molar-refractivity contribution is 6.30. The second-order valence-corrected chi connectivity index (χ2v) is 9.72. The van der Waals surface area contributed by atoms with Gasteiger partial charge in [-0.15, -0.1) is 0 Å². The van der Waals surface area contributed by atoms with E-state index < -0.39 is 0 Å². The Balaban J connectivity index is 1.37. The van der Waals surface area contributed by atoms with Gasteiger partial charge >= 0.3 is 0 Å². The van der Waals surface area contributed by atoms with Gasteiger partial charge in [0.2, 0.25) is 0 Å². The molecule has 1 fully saturated rings.